The maximum absolute atomic E-state index is 11.8. The highest BCUT2D eigenvalue weighted by molar-refractivity contribution is 5.90. The number of carbonyl (C=O) groups is 1. The van der Waals surface area contributed by atoms with Gasteiger partial charge in [0.2, 0.25) is 0 Å². The van der Waals surface area contributed by atoms with Gasteiger partial charge in [-0.1, -0.05) is 51.0 Å². The number of hydrogen-bond donors (Lipinski definition) is 2. The lowest BCUT2D eigenvalue weighted by Crippen LogP contribution is -2.33. The van der Waals surface area contributed by atoms with Gasteiger partial charge in [0.15, 0.2) is 11.4 Å². The monoisotopic (exact) mass is 355 g/mol. The number of benzene rings is 1. The summed E-state index contributed by atoms with van der Waals surface area (Å²) in [7, 11) is 0. The van der Waals surface area contributed by atoms with Gasteiger partial charge in [-0.3, -0.25) is 14.3 Å². The van der Waals surface area contributed by atoms with E-state index in [9.17, 15) is 14.7 Å². The summed E-state index contributed by atoms with van der Waals surface area (Å²) in [5.74, 6) is -0.996. The molecule has 6 heteroatoms. The van der Waals surface area contributed by atoms with Gasteiger partial charge in [0, 0.05) is 5.41 Å². The van der Waals surface area contributed by atoms with Gasteiger partial charge >= 0.3 is 0 Å². The first-order valence-corrected chi connectivity index (χ1v) is 9.03. The standard InChI is InChI=1S/C20H25N3O3/c1-13(2)14-6-5-7-15(10-14)20(8-3-4-9-20)12-23-11-16(24)18(25)17(22-23)19(21)26/h5-7,10-11,13,24H,3-4,8-9,12H2,1-2H3,(H2,21,26). The Bertz CT molecular complexity index is 880. The molecule has 1 aliphatic rings. The normalized spacial score (nSPS) is 16.1. The van der Waals surface area contributed by atoms with E-state index in [4.69, 9.17) is 5.73 Å². The molecule has 26 heavy (non-hydrogen) atoms. The third-order valence-electron chi connectivity index (χ3n) is 5.37. The quantitative estimate of drug-likeness (QED) is 0.861. The summed E-state index contributed by atoms with van der Waals surface area (Å²) in [5, 5.41) is 14.0. The molecule has 0 saturated heterocycles. The van der Waals surface area contributed by atoms with Crippen molar-refractivity contribution in [3.05, 3.63) is 57.5 Å². The molecule has 1 amide bonds. The van der Waals surface area contributed by atoms with Crippen LogP contribution in [0.4, 0.5) is 0 Å². The maximum Gasteiger partial charge on any atom is 0.273 e. The molecule has 0 bridgehead atoms. The summed E-state index contributed by atoms with van der Waals surface area (Å²) >= 11 is 0. The summed E-state index contributed by atoms with van der Waals surface area (Å²) in [6.07, 6.45) is 5.51. The van der Waals surface area contributed by atoms with Crippen LogP contribution in [-0.2, 0) is 12.0 Å². The summed E-state index contributed by atoms with van der Waals surface area (Å²) < 4.78 is 1.49. The largest absolute Gasteiger partial charge is 0.503 e. The number of primary amides is 1. The molecule has 1 fully saturated rings. The van der Waals surface area contributed by atoms with Crippen molar-refractivity contribution < 1.29 is 9.90 Å². The third-order valence-corrected chi connectivity index (χ3v) is 5.37. The lowest BCUT2D eigenvalue weighted by molar-refractivity contribution is 0.0990. The molecular weight excluding hydrogens is 330 g/mol. The summed E-state index contributed by atoms with van der Waals surface area (Å²) in [6, 6.07) is 8.59. The predicted molar refractivity (Wildman–Crippen MR) is 99.4 cm³/mol. The third kappa shape index (κ3) is 3.36. The Labute approximate surface area is 152 Å². The van der Waals surface area contributed by atoms with Gasteiger partial charge in [0.25, 0.3) is 11.3 Å². The van der Waals surface area contributed by atoms with Crippen LogP contribution < -0.4 is 11.2 Å². The van der Waals surface area contributed by atoms with Crippen molar-refractivity contribution >= 4 is 5.91 Å². The minimum absolute atomic E-state index is 0.131. The Balaban J connectivity index is 2.04. The van der Waals surface area contributed by atoms with Crippen molar-refractivity contribution in [3.8, 4) is 5.75 Å². The van der Waals surface area contributed by atoms with Crippen LogP contribution in [0.5, 0.6) is 5.75 Å². The van der Waals surface area contributed by atoms with E-state index in [0.29, 0.717) is 12.5 Å². The molecule has 1 aliphatic carbocycles. The number of aromatic hydroxyl groups is 1. The highest BCUT2D eigenvalue weighted by atomic mass is 16.3. The average Bonchev–Trinajstić information content (AvgIpc) is 3.07. The zero-order valence-electron chi connectivity index (χ0n) is 15.2. The topological polar surface area (TPSA) is 98.2 Å². The van der Waals surface area contributed by atoms with Crippen LogP contribution in [0, 0.1) is 0 Å². The van der Waals surface area contributed by atoms with Crippen molar-refractivity contribution in [2.75, 3.05) is 0 Å². The van der Waals surface area contributed by atoms with Gasteiger partial charge < -0.3 is 10.8 Å². The van der Waals surface area contributed by atoms with E-state index >= 15 is 0 Å². The molecule has 0 radical (unpaired) electrons. The number of nitrogens with two attached hydrogens (primary N) is 1. The molecule has 1 aromatic carbocycles. The molecule has 138 valence electrons. The highest BCUT2D eigenvalue weighted by Crippen LogP contribution is 2.43. The Kier molecular flexibility index (Phi) is 4.85. The second-order valence-electron chi connectivity index (χ2n) is 7.52. The van der Waals surface area contributed by atoms with E-state index in [0.717, 1.165) is 25.7 Å². The fraction of sp³-hybridized carbons (Fsp3) is 0.450. The van der Waals surface area contributed by atoms with E-state index in [-0.39, 0.29) is 5.41 Å². The van der Waals surface area contributed by atoms with Crippen LogP contribution in [0.1, 0.15) is 67.1 Å². The zero-order chi connectivity index (χ0) is 18.9. The first-order valence-electron chi connectivity index (χ1n) is 9.03. The Morgan fingerprint density at radius 1 is 1.35 bits per heavy atom. The molecule has 3 N–H and O–H groups in total. The second-order valence-corrected chi connectivity index (χ2v) is 7.52. The van der Waals surface area contributed by atoms with Crippen molar-refractivity contribution in [1.82, 2.24) is 9.78 Å². The summed E-state index contributed by atoms with van der Waals surface area (Å²) in [4.78, 5) is 23.3. The molecule has 1 heterocycles. The number of hydrogen-bond acceptors (Lipinski definition) is 4. The molecule has 1 aromatic heterocycles. The van der Waals surface area contributed by atoms with Gasteiger partial charge in [-0.05, 0) is 29.9 Å². The Hall–Kier alpha value is -2.63. The molecule has 1 saturated carbocycles. The smallest absolute Gasteiger partial charge is 0.273 e. The van der Waals surface area contributed by atoms with Crippen molar-refractivity contribution in [2.45, 2.75) is 57.4 Å². The van der Waals surface area contributed by atoms with Gasteiger partial charge in [-0.15, -0.1) is 0 Å². The van der Waals surface area contributed by atoms with Crippen molar-refractivity contribution in [2.24, 2.45) is 5.73 Å². The van der Waals surface area contributed by atoms with Crippen LogP contribution in [0.3, 0.4) is 0 Å². The molecule has 3 rings (SSSR count). The lowest BCUT2D eigenvalue weighted by Gasteiger charge is -2.31. The molecule has 0 aliphatic heterocycles. The average molecular weight is 355 g/mol. The maximum atomic E-state index is 11.8. The molecule has 6 nitrogen and oxygen atoms in total. The van der Waals surface area contributed by atoms with E-state index in [2.05, 4.69) is 43.2 Å². The Morgan fingerprint density at radius 3 is 2.65 bits per heavy atom. The number of rotatable bonds is 5. The second kappa shape index (κ2) is 6.94. The zero-order valence-corrected chi connectivity index (χ0v) is 15.2. The van der Waals surface area contributed by atoms with Crippen LogP contribution in [0.15, 0.2) is 35.3 Å². The van der Waals surface area contributed by atoms with Crippen molar-refractivity contribution in [3.63, 3.8) is 0 Å². The minimum atomic E-state index is -0.929. The highest BCUT2D eigenvalue weighted by Gasteiger charge is 2.36. The van der Waals surface area contributed by atoms with Crippen LogP contribution in [0.25, 0.3) is 0 Å². The minimum Gasteiger partial charge on any atom is -0.503 e. The van der Waals surface area contributed by atoms with Crippen LogP contribution in [0.2, 0.25) is 0 Å². The summed E-state index contributed by atoms with van der Waals surface area (Å²) in [5.41, 5.74) is 6.37. The van der Waals surface area contributed by atoms with Gasteiger partial charge in [-0.2, -0.15) is 5.10 Å². The fourth-order valence-electron chi connectivity index (χ4n) is 3.89. The van der Waals surface area contributed by atoms with E-state index in [1.165, 1.54) is 22.0 Å². The number of aromatic nitrogens is 2. The van der Waals surface area contributed by atoms with Gasteiger partial charge in [-0.25, -0.2) is 0 Å². The Morgan fingerprint density at radius 2 is 2.04 bits per heavy atom. The molecular formula is C20H25N3O3. The predicted octanol–water partition coefficient (Wildman–Crippen LogP) is 2.68. The fourth-order valence-corrected chi connectivity index (χ4v) is 3.89. The molecule has 0 spiro atoms. The van der Waals surface area contributed by atoms with E-state index < -0.39 is 22.8 Å². The van der Waals surface area contributed by atoms with Crippen LogP contribution >= 0.6 is 0 Å². The number of nitrogens with zero attached hydrogens (tertiary/aromatic N) is 2. The van der Waals surface area contributed by atoms with Crippen molar-refractivity contribution in [1.29, 1.82) is 0 Å². The first kappa shape index (κ1) is 18.2. The van der Waals surface area contributed by atoms with E-state index in [1.54, 1.807) is 0 Å². The molecule has 2 aromatic rings. The summed E-state index contributed by atoms with van der Waals surface area (Å²) in [6.45, 7) is 4.82. The number of carbonyl (C=O) groups excluding carboxylic acids is 1. The van der Waals surface area contributed by atoms with E-state index in [1.807, 2.05) is 0 Å². The SMILES string of the molecule is CC(C)c1cccc(C2(Cn3cc(O)c(=O)c(C(N)=O)n3)CCCC2)c1. The molecule has 0 atom stereocenters. The van der Waals surface area contributed by atoms with Gasteiger partial charge in [0.1, 0.15) is 0 Å². The lowest BCUT2D eigenvalue weighted by atomic mass is 9.77. The first-order chi connectivity index (χ1) is 12.3. The van der Waals surface area contributed by atoms with Gasteiger partial charge in [0.05, 0.1) is 12.7 Å². The van der Waals surface area contributed by atoms with Crippen LogP contribution in [-0.4, -0.2) is 20.8 Å². The number of amides is 1. The molecule has 0 unspecified atom stereocenters.